The molecule has 1 aromatic heterocycles. The Labute approximate surface area is 156 Å². The number of likely N-dealkylation sites (tertiary alicyclic amines) is 1. The lowest BCUT2D eigenvalue weighted by Crippen LogP contribution is -2.35. The van der Waals surface area contributed by atoms with Crippen LogP contribution < -0.4 is 5.56 Å². The lowest BCUT2D eigenvalue weighted by Gasteiger charge is -2.32. The Hall–Kier alpha value is -3.04. The first kappa shape index (κ1) is 17.4. The average molecular weight is 362 g/mol. The van der Waals surface area contributed by atoms with E-state index in [4.69, 9.17) is 5.26 Å². The van der Waals surface area contributed by atoms with E-state index in [0.717, 1.165) is 38.0 Å². The average Bonchev–Trinajstić information content (AvgIpc) is 2.69. The van der Waals surface area contributed by atoms with Crippen molar-refractivity contribution in [3.63, 3.8) is 0 Å². The minimum absolute atomic E-state index is 0.125. The number of H-pyrrole nitrogens is 1. The van der Waals surface area contributed by atoms with E-state index in [1.54, 1.807) is 12.1 Å². The molecular weight excluding hydrogens is 343 g/mol. The highest BCUT2D eigenvalue weighted by Crippen LogP contribution is 2.26. The molecule has 6 heteroatoms. The number of piperidine rings is 1. The van der Waals surface area contributed by atoms with Gasteiger partial charge in [0.1, 0.15) is 11.6 Å². The molecule has 0 amide bonds. The number of nitrogens with one attached hydrogen (secondary N) is 1. The maximum atomic E-state index is 13.4. The second-order valence-corrected chi connectivity index (χ2v) is 7.00. The van der Waals surface area contributed by atoms with Gasteiger partial charge in [0.2, 0.25) is 0 Å². The number of fused-ring (bicyclic) bond motifs is 1. The van der Waals surface area contributed by atoms with Crippen LogP contribution in [0.5, 0.6) is 0 Å². The van der Waals surface area contributed by atoms with E-state index >= 15 is 0 Å². The fourth-order valence-corrected chi connectivity index (χ4v) is 3.74. The molecule has 2 heterocycles. The molecule has 0 saturated carbocycles. The number of aromatic nitrogens is 2. The van der Waals surface area contributed by atoms with Crippen LogP contribution in [0.25, 0.3) is 10.9 Å². The zero-order valence-corrected chi connectivity index (χ0v) is 14.8. The number of benzene rings is 2. The zero-order chi connectivity index (χ0) is 18.8. The van der Waals surface area contributed by atoms with Crippen molar-refractivity contribution in [2.45, 2.75) is 25.3 Å². The standard InChI is InChI=1S/C21H19FN4O/c22-17-6-7-19-18(10-17)21(27)25-20(24-19)16-5-2-8-26(13-16)12-15-4-1-3-14(9-15)11-23/h1,3-4,6-7,9-10,16H,2,5,8,12-13H2,(H,24,25,27). The summed E-state index contributed by atoms with van der Waals surface area (Å²) in [4.78, 5) is 22.1. The van der Waals surface area contributed by atoms with Gasteiger partial charge in [-0.2, -0.15) is 5.26 Å². The molecule has 136 valence electrons. The van der Waals surface area contributed by atoms with Gasteiger partial charge in [0.05, 0.1) is 22.5 Å². The fraction of sp³-hybridized carbons (Fsp3) is 0.286. The molecule has 5 nitrogen and oxygen atoms in total. The smallest absolute Gasteiger partial charge is 0.258 e. The molecule has 27 heavy (non-hydrogen) atoms. The SMILES string of the molecule is N#Cc1cccc(CN2CCCC(c3nc4ccc(F)cc4c(=O)[nH]3)C2)c1. The maximum Gasteiger partial charge on any atom is 0.258 e. The van der Waals surface area contributed by atoms with Crippen molar-refractivity contribution in [2.75, 3.05) is 13.1 Å². The van der Waals surface area contributed by atoms with Crippen molar-refractivity contribution in [1.29, 1.82) is 5.26 Å². The lowest BCUT2D eigenvalue weighted by molar-refractivity contribution is 0.196. The Morgan fingerprint density at radius 2 is 2.19 bits per heavy atom. The second kappa shape index (κ2) is 7.29. The van der Waals surface area contributed by atoms with Gasteiger partial charge < -0.3 is 4.98 Å². The monoisotopic (exact) mass is 362 g/mol. The van der Waals surface area contributed by atoms with Crippen LogP contribution in [0.3, 0.4) is 0 Å². The molecule has 1 saturated heterocycles. The summed E-state index contributed by atoms with van der Waals surface area (Å²) in [6.07, 6.45) is 1.96. The summed E-state index contributed by atoms with van der Waals surface area (Å²) in [6.45, 7) is 2.51. The van der Waals surface area contributed by atoms with Gasteiger partial charge in [-0.05, 0) is 55.3 Å². The van der Waals surface area contributed by atoms with Crippen LogP contribution in [0, 0.1) is 17.1 Å². The van der Waals surface area contributed by atoms with Gasteiger partial charge in [0.25, 0.3) is 5.56 Å². The summed E-state index contributed by atoms with van der Waals surface area (Å²) < 4.78 is 13.4. The summed E-state index contributed by atoms with van der Waals surface area (Å²) in [5, 5.41) is 9.34. The number of aromatic amines is 1. The molecule has 0 aliphatic carbocycles. The van der Waals surface area contributed by atoms with Gasteiger partial charge in [-0.3, -0.25) is 9.69 Å². The van der Waals surface area contributed by atoms with Crippen LogP contribution in [-0.4, -0.2) is 28.0 Å². The van der Waals surface area contributed by atoms with Gasteiger partial charge in [0, 0.05) is 19.0 Å². The normalized spacial score (nSPS) is 17.7. The highest BCUT2D eigenvalue weighted by molar-refractivity contribution is 5.77. The molecule has 2 aromatic carbocycles. The molecule has 0 spiro atoms. The summed E-state index contributed by atoms with van der Waals surface area (Å²) >= 11 is 0. The topological polar surface area (TPSA) is 72.8 Å². The minimum atomic E-state index is -0.439. The molecule has 1 unspecified atom stereocenters. The summed E-state index contributed by atoms with van der Waals surface area (Å²) in [5.74, 6) is 0.348. The Balaban J connectivity index is 1.56. The van der Waals surface area contributed by atoms with Crippen LogP contribution in [0.4, 0.5) is 4.39 Å². The fourth-order valence-electron chi connectivity index (χ4n) is 3.74. The number of hydrogen-bond donors (Lipinski definition) is 1. The van der Waals surface area contributed by atoms with Gasteiger partial charge in [0.15, 0.2) is 0 Å². The van der Waals surface area contributed by atoms with E-state index in [1.807, 2.05) is 18.2 Å². The van der Waals surface area contributed by atoms with E-state index in [9.17, 15) is 9.18 Å². The van der Waals surface area contributed by atoms with E-state index in [1.165, 1.54) is 12.1 Å². The largest absolute Gasteiger partial charge is 0.310 e. The van der Waals surface area contributed by atoms with Crippen molar-refractivity contribution in [3.8, 4) is 6.07 Å². The maximum absolute atomic E-state index is 13.4. The zero-order valence-electron chi connectivity index (χ0n) is 14.8. The molecular formula is C21H19FN4O. The number of rotatable bonds is 3. The van der Waals surface area contributed by atoms with Crippen LogP contribution in [0.15, 0.2) is 47.3 Å². The first-order valence-corrected chi connectivity index (χ1v) is 9.03. The Bertz CT molecular complexity index is 1090. The molecule has 4 rings (SSSR count). The van der Waals surface area contributed by atoms with Crippen LogP contribution in [0.2, 0.25) is 0 Å². The van der Waals surface area contributed by atoms with Gasteiger partial charge in [-0.15, -0.1) is 0 Å². The van der Waals surface area contributed by atoms with Crippen LogP contribution in [0.1, 0.15) is 35.7 Å². The van der Waals surface area contributed by atoms with Gasteiger partial charge in [-0.1, -0.05) is 12.1 Å². The number of hydrogen-bond acceptors (Lipinski definition) is 4. The molecule has 3 aromatic rings. The molecule has 1 aliphatic rings. The van der Waals surface area contributed by atoms with E-state index in [-0.39, 0.29) is 16.9 Å². The molecule has 1 atom stereocenters. The number of nitrogens with zero attached hydrogens (tertiary/aromatic N) is 3. The Morgan fingerprint density at radius 3 is 3.04 bits per heavy atom. The molecule has 1 N–H and O–H groups in total. The van der Waals surface area contributed by atoms with Gasteiger partial charge in [-0.25, -0.2) is 9.37 Å². The predicted octanol–water partition coefficient (Wildman–Crippen LogP) is 3.31. The Kier molecular flexibility index (Phi) is 4.69. The van der Waals surface area contributed by atoms with Crippen LogP contribution >= 0.6 is 0 Å². The highest BCUT2D eigenvalue weighted by Gasteiger charge is 2.24. The lowest BCUT2D eigenvalue weighted by atomic mass is 9.96. The molecule has 0 radical (unpaired) electrons. The number of halogens is 1. The third kappa shape index (κ3) is 3.74. The van der Waals surface area contributed by atoms with E-state index < -0.39 is 5.82 Å². The molecule has 1 fully saturated rings. The molecule has 0 bridgehead atoms. The predicted molar refractivity (Wildman–Crippen MR) is 101 cm³/mol. The summed E-state index contributed by atoms with van der Waals surface area (Å²) in [6, 6.07) is 13.9. The quantitative estimate of drug-likeness (QED) is 0.776. The minimum Gasteiger partial charge on any atom is -0.310 e. The third-order valence-corrected chi connectivity index (χ3v) is 5.04. The first-order valence-electron chi connectivity index (χ1n) is 9.03. The highest BCUT2D eigenvalue weighted by atomic mass is 19.1. The van der Waals surface area contributed by atoms with Crippen molar-refractivity contribution in [2.24, 2.45) is 0 Å². The molecule has 1 aliphatic heterocycles. The Morgan fingerprint density at radius 1 is 1.30 bits per heavy atom. The summed E-state index contributed by atoms with van der Waals surface area (Å²) in [7, 11) is 0. The van der Waals surface area contributed by atoms with E-state index in [0.29, 0.717) is 16.9 Å². The second-order valence-electron chi connectivity index (χ2n) is 7.00. The number of nitriles is 1. The first-order chi connectivity index (χ1) is 13.1. The third-order valence-electron chi connectivity index (χ3n) is 5.04. The van der Waals surface area contributed by atoms with Gasteiger partial charge >= 0.3 is 0 Å². The van der Waals surface area contributed by atoms with E-state index in [2.05, 4.69) is 20.9 Å². The van der Waals surface area contributed by atoms with Crippen LogP contribution in [-0.2, 0) is 6.54 Å². The van der Waals surface area contributed by atoms with Crippen molar-refractivity contribution < 1.29 is 4.39 Å². The van der Waals surface area contributed by atoms with Crippen molar-refractivity contribution >= 4 is 10.9 Å². The van der Waals surface area contributed by atoms with Crippen molar-refractivity contribution in [3.05, 3.63) is 75.6 Å². The van der Waals surface area contributed by atoms with Crippen molar-refractivity contribution in [1.82, 2.24) is 14.9 Å². The summed E-state index contributed by atoms with van der Waals surface area (Å²) in [5.41, 5.74) is 1.99.